The second-order valence-electron chi connectivity index (χ2n) is 4.61. The van der Waals surface area contributed by atoms with Gasteiger partial charge in [0.15, 0.2) is 0 Å². The van der Waals surface area contributed by atoms with Gasteiger partial charge in [-0.15, -0.1) is 11.3 Å². The number of rotatable bonds is 4. The first-order valence-corrected chi connectivity index (χ1v) is 6.79. The van der Waals surface area contributed by atoms with Gasteiger partial charge in [0.2, 0.25) is 5.82 Å². The molecule has 0 amide bonds. The fourth-order valence-corrected chi connectivity index (χ4v) is 2.86. The van der Waals surface area contributed by atoms with Crippen LogP contribution in [0.4, 0.5) is 5.69 Å². The highest BCUT2D eigenvalue weighted by Crippen LogP contribution is 2.43. The molecule has 0 spiro atoms. The highest BCUT2D eigenvalue weighted by atomic mass is 32.1. The van der Waals surface area contributed by atoms with E-state index < -0.39 is 0 Å². The van der Waals surface area contributed by atoms with Crippen molar-refractivity contribution in [2.45, 2.75) is 25.9 Å². The zero-order chi connectivity index (χ0) is 12.7. The molecule has 96 valence electrons. The molecule has 2 aromatic heterocycles. The van der Waals surface area contributed by atoms with Gasteiger partial charge in [0.05, 0.1) is 5.69 Å². The summed E-state index contributed by atoms with van der Waals surface area (Å²) in [5.74, 6) is 1.65. The number of nitrogens with zero attached hydrogens (tertiary/aromatic N) is 2. The minimum absolute atomic E-state index is 0.0511. The molecule has 1 atom stereocenters. The third-order valence-corrected chi connectivity index (χ3v) is 4.32. The summed E-state index contributed by atoms with van der Waals surface area (Å²) in [6, 6.07) is 0. The molecule has 1 aliphatic carbocycles. The summed E-state index contributed by atoms with van der Waals surface area (Å²) >= 11 is 1.52. The highest BCUT2D eigenvalue weighted by Gasteiger charge is 2.35. The topological polar surface area (TPSA) is 74.2 Å². The van der Waals surface area contributed by atoms with Gasteiger partial charge in [-0.1, -0.05) is 5.16 Å². The van der Waals surface area contributed by atoms with Crippen molar-refractivity contribution in [1.82, 2.24) is 10.1 Å². The van der Waals surface area contributed by atoms with Crippen LogP contribution in [0.2, 0.25) is 0 Å². The van der Waals surface area contributed by atoms with Gasteiger partial charge in [0.25, 0.3) is 5.89 Å². The first-order valence-electron chi connectivity index (χ1n) is 5.91. The summed E-state index contributed by atoms with van der Waals surface area (Å²) in [6.45, 7) is 1.97. The van der Waals surface area contributed by atoms with E-state index in [1.165, 1.54) is 24.2 Å². The van der Waals surface area contributed by atoms with Crippen molar-refractivity contribution in [3.05, 3.63) is 16.8 Å². The van der Waals surface area contributed by atoms with E-state index in [9.17, 15) is 0 Å². The third-order valence-electron chi connectivity index (χ3n) is 3.22. The summed E-state index contributed by atoms with van der Waals surface area (Å²) in [6.07, 6.45) is 2.29. The van der Waals surface area contributed by atoms with E-state index >= 15 is 0 Å². The Balaban J connectivity index is 1.91. The van der Waals surface area contributed by atoms with Crippen LogP contribution in [0.3, 0.4) is 0 Å². The highest BCUT2D eigenvalue weighted by molar-refractivity contribution is 7.14. The standard InChI is InChI=1S/C12H15N3O2S/c1-6-5-18-10(8(6)13)12-14-11(15-17-12)9(16-2)7-3-4-7/h5,7,9H,3-4,13H2,1-2H3. The van der Waals surface area contributed by atoms with Crippen LogP contribution in [-0.4, -0.2) is 17.3 Å². The maximum Gasteiger partial charge on any atom is 0.270 e. The molecule has 1 fully saturated rings. The number of thiophene rings is 1. The van der Waals surface area contributed by atoms with E-state index in [4.69, 9.17) is 15.0 Å². The Morgan fingerprint density at radius 1 is 1.56 bits per heavy atom. The van der Waals surface area contributed by atoms with Gasteiger partial charge in [-0.05, 0) is 36.6 Å². The lowest BCUT2D eigenvalue weighted by molar-refractivity contribution is 0.0751. The van der Waals surface area contributed by atoms with Gasteiger partial charge < -0.3 is 15.0 Å². The van der Waals surface area contributed by atoms with Crippen molar-refractivity contribution in [1.29, 1.82) is 0 Å². The minimum atomic E-state index is -0.0511. The number of hydrogen-bond donors (Lipinski definition) is 1. The summed E-state index contributed by atoms with van der Waals surface area (Å²) in [7, 11) is 1.68. The van der Waals surface area contributed by atoms with Crippen LogP contribution >= 0.6 is 11.3 Å². The van der Waals surface area contributed by atoms with Gasteiger partial charge in [0, 0.05) is 7.11 Å². The average Bonchev–Trinajstić information content (AvgIpc) is 2.99. The zero-order valence-corrected chi connectivity index (χ0v) is 11.2. The largest absolute Gasteiger partial charge is 0.397 e. The smallest absolute Gasteiger partial charge is 0.270 e. The van der Waals surface area contributed by atoms with Crippen LogP contribution in [0.15, 0.2) is 9.90 Å². The molecule has 2 N–H and O–H groups in total. The average molecular weight is 265 g/mol. The number of methoxy groups -OCH3 is 1. The number of hydrogen-bond acceptors (Lipinski definition) is 6. The van der Waals surface area contributed by atoms with Crippen molar-refractivity contribution in [2.24, 2.45) is 5.92 Å². The second kappa shape index (κ2) is 4.37. The molecular formula is C12H15N3O2S. The molecule has 0 aliphatic heterocycles. The van der Waals surface area contributed by atoms with Crippen molar-refractivity contribution < 1.29 is 9.26 Å². The molecule has 1 unspecified atom stereocenters. The molecule has 18 heavy (non-hydrogen) atoms. The number of aryl methyl sites for hydroxylation is 1. The van der Waals surface area contributed by atoms with E-state index in [1.807, 2.05) is 12.3 Å². The van der Waals surface area contributed by atoms with Gasteiger partial charge in [-0.2, -0.15) is 4.98 Å². The lowest BCUT2D eigenvalue weighted by Crippen LogP contribution is -2.05. The molecule has 0 saturated heterocycles. The molecule has 0 radical (unpaired) electrons. The fraction of sp³-hybridized carbons (Fsp3) is 0.500. The number of aromatic nitrogens is 2. The predicted molar refractivity (Wildman–Crippen MR) is 69.2 cm³/mol. The first kappa shape index (κ1) is 11.7. The number of nitrogen functional groups attached to an aromatic ring is 1. The fourth-order valence-electron chi connectivity index (χ4n) is 1.97. The Kier molecular flexibility index (Phi) is 2.83. The molecule has 6 heteroatoms. The number of nitrogens with two attached hydrogens (primary N) is 1. The molecule has 3 rings (SSSR count). The Hall–Kier alpha value is -1.40. The Morgan fingerprint density at radius 2 is 2.33 bits per heavy atom. The van der Waals surface area contributed by atoms with Crippen LogP contribution in [0, 0.1) is 12.8 Å². The van der Waals surface area contributed by atoms with Crippen molar-refractivity contribution >= 4 is 17.0 Å². The normalized spacial score (nSPS) is 17.0. The Bertz CT molecular complexity index is 559. The van der Waals surface area contributed by atoms with E-state index in [2.05, 4.69) is 10.1 Å². The minimum Gasteiger partial charge on any atom is -0.397 e. The molecule has 1 saturated carbocycles. The van der Waals surface area contributed by atoms with Gasteiger partial charge >= 0.3 is 0 Å². The van der Waals surface area contributed by atoms with Crippen LogP contribution in [0.5, 0.6) is 0 Å². The van der Waals surface area contributed by atoms with Crippen molar-refractivity contribution in [2.75, 3.05) is 12.8 Å². The third kappa shape index (κ3) is 1.91. The molecule has 0 bridgehead atoms. The van der Waals surface area contributed by atoms with Crippen LogP contribution in [-0.2, 0) is 4.74 Å². The summed E-state index contributed by atoms with van der Waals surface area (Å²) in [4.78, 5) is 5.26. The van der Waals surface area contributed by atoms with Gasteiger partial charge in [0.1, 0.15) is 11.0 Å². The monoisotopic (exact) mass is 265 g/mol. The summed E-state index contributed by atoms with van der Waals surface area (Å²) < 4.78 is 10.7. The molecular weight excluding hydrogens is 250 g/mol. The van der Waals surface area contributed by atoms with E-state index in [1.54, 1.807) is 7.11 Å². The molecule has 5 nitrogen and oxygen atoms in total. The van der Waals surface area contributed by atoms with E-state index in [0.717, 1.165) is 16.1 Å². The summed E-state index contributed by atoms with van der Waals surface area (Å²) in [5, 5.41) is 6.00. The molecule has 1 aliphatic rings. The van der Waals surface area contributed by atoms with E-state index in [0.29, 0.717) is 17.6 Å². The van der Waals surface area contributed by atoms with E-state index in [-0.39, 0.29) is 6.10 Å². The van der Waals surface area contributed by atoms with Gasteiger partial charge in [-0.25, -0.2) is 0 Å². The predicted octanol–water partition coefficient (Wildman–Crippen LogP) is 2.79. The second-order valence-corrected chi connectivity index (χ2v) is 5.49. The first-order chi connectivity index (χ1) is 8.70. The van der Waals surface area contributed by atoms with Crippen molar-refractivity contribution in [3.8, 4) is 10.8 Å². The zero-order valence-electron chi connectivity index (χ0n) is 10.3. The Labute approximate surface area is 109 Å². The SMILES string of the molecule is COC(c1noc(-c2scc(C)c2N)n1)C1CC1. The summed E-state index contributed by atoms with van der Waals surface area (Å²) in [5.41, 5.74) is 7.74. The molecule has 0 aromatic carbocycles. The molecule has 2 aromatic rings. The maximum absolute atomic E-state index is 5.98. The quantitative estimate of drug-likeness (QED) is 0.920. The van der Waals surface area contributed by atoms with Crippen LogP contribution < -0.4 is 5.73 Å². The van der Waals surface area contributed by atoms with Gasteiger partial charge in [-0.3, -0.25) is 0 Å². The maximum atomic E-state index is 5.98. The number of anilines is 1. The molecule has 2 heterocycles. The van der Waals surface area contributed by atoms with Crippen LogP contribution in [0.1, 0.15) is 30.3 Å². The number of ether oxygens (including phenoxy) is 1. The lowest BCUT2D eigenvalue weighted by Gasteiger charge is -2.07. The lowest BCUT2D eigenvalue weighted by atomic mass is 10.2. The van der Waals surface area contributed by atoms with Crippen molar-refractivity contribution in [3.63, 3.8) is 0 Å². The Morgan fingerprint density at radius 3 is 2.89 bits per heavy atom. The van der Waals surface area contributed by atoms with Crippen LogP contribution in [0.25, 0.3) is 10.8 Å².